The van der Waals surface area contributed by atoms with E-state index in [9.17, 15) is 9.59 Å². The van der Waals surface area contributed by atoms with Gasteiger partial charge in [0, 0.05) is 0 Å². The van der Waals surface area contributed by atoms with Crippen LogP contribution in [0.2, 0.25) is 0 Å². The van der Waals surface area contributed by atoms with Crippen LogP contribution in [-0.2, 0) is 9.59 Å². The molecular weight excluding hydrogens is 110 g/mol. The Labute approximate surface area is 47.7 Å². The van der Waals surface area contributed by atoms with E-state index >= 15 is 0 Å². The van der Waals surface area contributed by atoms with Gasteiger partial charge in [-0.2, -0.15) is 0 Å². The monoisotopic (exact) mass is 119 g/mol. The summed E-state index contributed by atoms with van der Waals surface area (Å²) in [5.74, 6) is -1.16. The smallest absolute Gasteiger partial charge is 0.305 e. The Morgan fingerprint density at radius 1 is 2.12 bits per heavy atom. The van der Waals surface area contributed by atoms with Crippen LogP contribution in [-0.4, -0.2) is 23.4 Å². The lowest BCUT2D eigenvalue weighted by Crippen LogP contribution is -2.24. The van der Waals surface area contributed by atoms with Gasteiger partial charge in [0.15, 0.2) is 0 Å². The van der Waals surface area contributed by atoms with Gasteiger partial charge in [0.25, 0.3) is 0 Å². The first kappa shape index (κ1) is 5.24. The molecule has 0 saturated heterocycles. The van der Waals surface area contributed by atoms with Crippen molar-refractivity contribution in [1.29, 1.82) is 0 Å². The second-order valence-electron chi connectivity index (χ2n) is 1.32. The van der Waals surface area contributed by atoms with Gasteiger partial charge in [-0.15, -0.1) is 0 Å². The predicted octanol–water partition coefficient (Wildman–Crippen LogP) is -1.01. The fraction of sp³-hybridized carbons (Fsp3) is 0.500. The van der Waals surface area contributed by atoms with Crippen LogP contribution < -0.4 is 5.73 Å². The molecule has 0 heterocycles. The number of hydrogen-bond donors (Lipinski definition) is 2. The largest absolute Gasteiger partial charge is 0.481 e. The van der Waals surface area contributed by atoms with Crippen molar-refractivity contribution in [2.24, 2.45) is 5.73 Å². The van der Waals surface area contributed by atoms with E-state index in [0.29, 0.717) is 0 Å². The van der Waals surface area contributed by atoms with E-state index in [1.54, 1.807) is 0 Å². The van der Waals surface area contributed by atoms with Gasteiger partial charge in [0.05, 0.1) is 12.5 Å². The Morgan fingerprint density at radius 2 is 2.62 bits per heavy atom. The molecule has 0 fully saturated rings. The molecule has 8 heavy (non-hydrogen) atoms. The number of hydrogen-bond acceptors (Lipinski definition) is 3. The average molecular weight is 119 g/mol. The van der Waals surface area contributed by atoms with Crippen LogP contribution in [0.4, 0.5) is 0 Å². The van der Waals surface area contributed by atoms with Gasteiger partial charge >= 0.3 is 5.97 Å². The second-order valence-corrected chi connectivity index (χ2v) is 1.32. The highest BCUT2D eigenvalue weighted by molar-refractivity contribution is 5.73. The maximum absolute atomic E-state index is 9.96. The molecule has 0 aromatic carbocycles. The van der Waals surface area contributed by atoms with E-state index in [1.165, 1.54) is 0 Å². The fourth-order valence-electron chi connectivity index (χ4n) is 0.230. The standard InChI is InChI=1S/C4H7NO3/c5-3(2-6)1-4(7)8/h2-3H,1,5H2,(H,7,8)/t3-/m0/s1/i2T. The second kappa shape index (κ2) is 3.15. The minimum absolute atomic E-state index is 0.470. The van der Waals surface area contributed by atoms with E-state index in [2.05, 4.69) is 0 Å². The Morgan fingerprint density at radius 3 is 2.75 bits per heavy atom. The summed E-state index contributed by atoms with van der Waals surface area (Å²) in [5.41, 5.74) is 4.90. The minimum Gasteiger partial charge on any atom is -0.481 e. The molecule has 1 atom stereocenters. The summed E-state index contributed by atoms with van der Waals surface area (Å²) in [6.45, 7) is 0. The van der Waals surface area contributed by atoms with Gasteiger partial charge in [-0.05, 0) is 0 Å². The van der Waals surface area contributed by atoms with Crippen LogP contribution in [0.5, 0.6) is 0 Å². The number of carboxylic acid groups (broad SMARTS) is 1. The summed E-state index contributed by atoms with van der Waals surface area (Å²) in [4.78, 5) is 19.8. The molecule has 4 heteroatoms. The summed E-state index contributed by atoms with van der Waals surface area (Å²) in [6, 6.07) is -1.18. The van der Waals surface area contributed by atoms with E-state index < -0.39 is 24.7 Å². The first-order valence-electron chi connectivity index (χ1n) is 2.52. The van der Waals surface area contributed by atoms with Crippen molar-refractivity contribution in [2.75, 3.05) is 0 Å². The zero-order valence-corrected chi connectivity index (χ0v) is 4.13. The molecule has 0 unspecified atom stereocenters. The third-order valence-electron chi connectivity index (χ3n) is 0.546. The summed E-state index contributed by atoms with van der Waals surface area (Å²) in [5, 5.41) is 8.02. The van der Waals surface area contributed by atoms with Crippen molar-refractivity contribution in [3.8, 4) is 0 Å². The molecule has 0 aliphatic rings. The van der Waals surface area contributed by atoms with Crippen molar-refractivity contribution >= 4 is 12.2 Å². The molecule has 0 saturated carbocycles. The van der Waals surface area contributed by atoms with Gasteiger partial charge in [0.2, 0.25) is 0 Å². The van der Waals surface area contributed by atoms with E-state index in [0.717, 1.165) is 0 Å². The summed E-state index contributed by atoms with van der Waals surface area (Å²) >= 11 is 0. The average Bonchev–Trinajstić information content (AvgIpc) is 1.63. The number of aldehydes is 1. The summed E-state index contributed by atoms with van der Waals surface area (Å²) in [6.07, 6.45) is -1.51. The Bertz CT molecular complexity index is 136. The molecule has 0 aromatic heterocycles. The SMILES string of the molecule is [3H]C(=O)[C@@H](N)CC(=O)O. The van der Waals surface area contributed by atoms with Crippen LogP contribution >= 0.6 is 0 Å². The van der Waals surface area contributed by atoms with E-state index in [4.69, 9.17) is 12.2 Å². The van der Waals surface area contributed by atoms with Crippen molar-refractivity contribution in [2.45, 2.75) is 12.5 Å². The van der Waals surface area contributed by atoms with Crippen molar-refractivity contribution in [3.63, 3.8) is 0 Å². The Balaban J connectivity index is 3.63. The molecule has 4 nitrogen and oxygen atoms in total. The normalized spacial score (nSPS) is 14.4. The number of carbonyl (C=O) groups is 2. The predicted molar refractivity (Wildman–Crippen MR) is 26.3 cm³/mol. The molecular formula is C4H7NO3. The van der Waals surface area contributed by atoms with Crippen molar-refractivity contribution < 1.29 is 16.1 Å². The number of nitrogens with two attached hydrogens (primary N) is 1. The highest BCUT2D eigenvalue weighted by atomic mass is 16.4. The number of carboxylic acids is 1. The van der Waals surface area contributed by atoms with Gasteiger partial charge < -0.3 is 15.6 Å². The highest BCUT2D eigenvalue weighted by Crippen LogP contribution is 1.80. The number of carbonyl (C=O) groups excluding carboxylic acids is 1. The van der Waals surface area contributed by atoms with Crippen LogP contribution in [0.25, 0.3) is 0 Å². The maximum Gasteiger partial charge on any atom is 0.305 e. The van der Waals surface area contributed by atoms with Gasteiger partial charge in [-0.25, -0.2) is 0 Å². The van der Waals surface area contributed by atoms with E-state index in [1.807, 2.05) is 0 Å². The maximum atomic E-state index is 9.96. The Hall–Kier alpha value is -0.900. The molecule has 0 amide bonds. The molecule has 3 N–H and O–H groups in total. The van der Waals surface area contributed by atoms with Gasteiger partial charge in [-0.1, -0.05) is 0 Å². The molecule has 0 rings (SSSR count). The molecule has 0 bridgehead atoms. The Kier molecular flexibility index (Phi) is 2.06. The van der Waals surface area contributed by atoms with Crippen LogP contribution in [0, 0.1) is 0 Å². The highest BCUT2D eigenvalue weighted by Gasteiger charge is 2.03. The number of rotatable bonds is 3. The molecule has 0 aliphatic carbocycles. The van der Waals surface area contributed by atoms with Crippen LogP contribution in [0.3, 0.4) is 0 Å². The topological polar surface area (TPSA) is 80.4 Å². The summed E-state index contributed by atoms with van der Waals surface area (Å²) < 4.78 is 6.35. The third-order valence-corrected chi connectivity index (χ3v) is 0.546. The van der Waals surface area contributed by atoms with Crippen molar-refractivity contribution in [3.05, 3.63) is 0 Å². The van der Waals surface area contributed by atoms with Crippen molar-refractivity contribution in [1.82, 2.24) is 0 Å². The lowest BCUT2D eigenvalue weighted by molar-refractivity contribution is -0.138. The zero-order valence-electron chi connectivity index (χ0n) is 5.13. The molecule has 0 aromatic rings. The quantitative estimate of drug-likeness (QED) is 0.466. The molecule has 0 spiro atoms. The lowest BCUT2D eigenvalue weighted by atomic mass is 10.2. The van der Waals surface area contributed by atoms with Crippen LogP contribution in [0.1, 0.15) is 7.79 Å². The van der Waals surface area contributed by atoms with Crippen LogP contribution in [0.15, 0.2) is 0 Å². The lowest BCUT2D eigenvalue weighted by Gasteiger charge is -1.94. The molecule has 46 valence electrons. The first-order valence-corrected chi connectivity index (χ1v) is 2.02. The third kappa shape index (κ3) is 3.30. The van der Waals surface area contributed by atoms with Gasteiger partial charge in [0.1, 0.15) is 7.63 Å². The molecule has 0 radical (unpaired) electrons. The van der Waals surface area contributed by atoms with E-state index in [-0.39, 0.29) is 0 Å². The summed E-state index contributed by atoms with van der Waals surface area (Å²) in [7, 11) is 0. The zero-order chi connectivity index (χ0) is 7.44. The fourth-order valence-corrected chi connectivity index (χ4v) is 0.230. The minimum atomic E-state index is -1.18. The number of aliphatic carboxylic acids is 1. The first-order chi connectivity index (χ1) is 4.04. The molecule has 0 aliphatic heterocycles. The van der Waals surface area contributed by atoms with Gasteiger partial charge in [-0.3, -0.25) is 4.79 Å².